The van der Waals surface area contributed by atoms with Gasteiger partial charge in [0.15, 0.2) is 0 Å². The molecule has 0 heterocycles. The van der Waals surface area contributed by atoms with Gasteiger partial charge in [0, 0.05) is 21.7 Å². The largest absolute Gasteiger partial charge is 0.192 e. The molecule has 0 aliphatic heterocycles. The third-order valence-electron chi connectivity index (χ3n) is 4.38. The van der Waals surface area contributed by atoms with Crippen LogP contribution in [0.3, 0.4) is 0 Å². The molecular formula is C15H21Ti-. The predicted octanol–water partition coefficient (Wildman–Crippen LogP) is 3.72. The van der Waals surface area contributed by atoms with E-state index in [4.69, 9.17) is 0 Å². The van der Waals surface area contributed by atoms with Crippen LogP contribution in [0.2, 0.25) is 0 Å². The van der Waals surface area contributed by atoms with Gasteiger partial charge in [0.25, 0.3) is 0 Å². The van der Waals surface area contributed by atoms with Crippen molar-refractivity contribution < 1.29 is 21.7 Å². The van der Waals surface area contributed by atoms with Crippen LogP contribution in [0.5, 0.6) is 0 Å². The Morgan fingerprint density at radius 1 is 0.812 bits per heavy atom. The first kappa shape index (κ1) is 12.5. The Hall–Kier alpha value is 0.0643. The molecule has 1 aromatic rings. The number of fused-ring (bicyclic) bond motifs is 3. The summed E-state index contributed by atoms with van der Waals surface area (Å²) in [5.74, 6) is 0. The average Bonchev–Trinajstić information content (AvgIpc) is 2.63. The minimum absolute atomic E-state index is 0. The summed E-state index contributed by atoms with van der Waals surface area (Å²) in [6.07, 6.45) is 12.6. The molecule has 0 N–H and O–H groups in total. The summed E-state index contributed by atoms with van der Waals surface area (Å²) < 4.78 is 0. The summed E-state index contributed by atoms with van der Waals surface area (Å²) in [4.78, 5) is 0. The summed E-state index contributed by atoms with van der Waals surface area (Å²) in [6, 6.07) is 0. The van der Waals surface area contributed by atoms with Crippen molar-refractivity contribution in [3.05, 3.63) is 27.8 Å². The summed E-state index contributed by atoms with van der Waals surface area (Å²) >= 11 is 0. The van der Waals surface area contributed by atoms with E-state index in [1.807, 2.05) is 0 Å². The molecule has 1 heteroatoms. The molecule has 0 unspecified atom stereocenters. The van der Waals surface area contributed by atoms with Gasteiger partial charge in [-0.25, -0.2) is 0 Å². The van der Waals surface area contributed by atoms with Crippen molar-refractivity contribution in [1.29, 1.82) is 0 Å². The molecule has 0 amide bonds. The third kappa shape index (κ3) is 1.85. The van der Waals surface area contributed by atoms with Gasteiger partial charge in [0.1, 0.15) is 0 Å². The first-order valence-corrected chi connectivity index (χ1v) is 6.72. The van der Waals surface area contributed by atoms with Gasteiger partial charge in [0.05, 0.1) is 0 Å². The zero-order valence-electron chi connectivity index (χ0n) is 10.4. The zero-order valence-corrected chi connectivity index (χ0v) is 11.9. The molecule has 2 aliphatic rings. The molecule has 0 nitrogen and oxygen atoms in total. The molecule has 0 saturated carbocycles. The summed E-state index contributed by atoms with van der Waals surface area (Å²) in [5.41, 5.74) is 8.94. The van der Waals surface area contributed by atoms with Gasteiger partial charge >= 0.3 is 0 Å². The Morgan fingerprint density at radius 2 is 1.25 bits per heavy atom. The Bertz CT molecular complexity index is 288. The van der Waals surface area contributed by atoms with Crippen LogP contribution < -0.4 is 0 Å². The van der Waals surface area contributed by atoms with E-state index in [0.29, 0.717) is 0 Å². The summed E-state index contributed by atoms with van der Waals surface area (Å²) in [7, 11) is 0. The van der Waals surface area contributed by atoms with E-state index in [9.17, 15) is 0 Å². The van der Waals surface area contributed by atoms with Crippen molar-refractivity contribution in [2.45, 2.75) is 64.7 Å². The van der Waals surface area contributed by atoms with Crippen molar-refractivity contribution in [2.75, 3.05) is 0 Å². The first-order chi connectivity index (χ1) is 7.42. The molecule has 0 saturated heterocycles. The number of hydrogen-bond donors (Lipinski definition) is 0. The predicted molar refractivity (Wildman–Crippen MR) is 64.7 cm³/mol. The van der Waals surface area contributed by atoms with Gasteiger partial charge in [0.2, 0.25) is 0 Å². The average molecular weight is 249 g/mol. The maximum absolute atomic E-state index is 2.35. The van der Waals surface area contributed by atoms with Crippen LogP contribution in [-0.2, 0) is 53.8 Å². The minimum atomic E-state index is 0. The van der Waals surface area contributed by atoms with E-state index >= 15 is 0 Å². The van der Waals surface area contributed by atoms with Crippen LogP contribution in [-0.4, -0.2) is 0 Å². The Labute approximate surface area is 114 Å². The van der Waals surface area contributed by atoms with Gasteiger partial charge in [-0.15, -0.1) is 0 Å². The molecule has 3 rings (SSSR count). The summed E-state index contributed by atoms with van der Waals surface area (Å²) in [6.45, 7) is 2.35. The van der Waals surface area contributed by atoms with Crippen LogP contribution in [0.1, 0.15) is 60.4 Å². The zero-order chi connectivity index (χ0) is 10.3. The molecule has 0 radical (unpaired) electrons. The normalized spacial score (nSPS) is 18.6. The van der Waals surface area contributed by atoms with Crippen LogP contribution in [0.15, 0.2) is 0 Å². The van der Waals surface area contributed by atoms with Crippen molar-refractivity contribution in [1.82, 2.24) is 0 Å². The van der Waals surface area contributed by atoms with Gasteiger partial charge < -0.3 is 0 Å². The fraction of sp³-hybridized carbons (Fsp3) is 0.667. The van der Waals surface area contributed by atoms with Crippen molar-refractivity contribution in [2.24, 2.45) is 0 Å². The molecule has 0 spiro atoms. The number of hydrogen-bond acceptors (Lipinski definition) is 0. The van der Waals surface area contributed by atoms with E-state index in [2.05, 4.69) is 6.92 Å². The molecule has 0 aromatic heterocycles. The van der Waals surface area contributed by atoms with E-state index in [1.165, 1.54) is 57.8 Å². The van der Waals surface area contributed by atoms with Crippen molar-refractivity contribution in [3.63, 3.8) is 0 Å². The molecule has 16 heavy (non-hydrogen) atoms. The first-order valence-electron chi connectivity index (χ1n) is 6.72. The second-order valence-corrected chi connectivity index (χ2v) is 5.16. The maximum Gasteiger partial charge on any atom is 0 e. The van der Waals surface area contributed by atoms with E-state index in [1.54, 1.807) is 27.8 Å². The molecule has 2 aliphatic carbocycles. The fourth-order valence-electron chi connectivity index (χ4n) is 3.75. The molecule has 1 aromatic carbocycles. The van der Waals surface area contributed by atoms with Gasteiger partial charge in [-0.3, -0.25) is 0 Å². The summed E-state index contributed by atoms with van der Waals surface area (Å²) in [5, 5.41) is 0. The van der Waals surface area contributed by atoms with E-state index < -0.39 is 0 Å². The second-order valence-electron chi connectivity index (χ2n) is 5.16. The van der Waals surface area contributed by atoms with Crippen molar-refractivity contribution in [3.8, 4) is 0 Å². The Balaban J connectivity index is 0.000000963. The Kier molecular flexibility index (Phi) is 4.03. The third-order valence-corrected chi connectivity index (χ3v) is 4.38. The molecular weight excluding hydrogens is 228 g/mol. The van der Waals surface area contributed by atoms with Crippen LogP contribution in [0.25, 0.3) is 0 Å². The smallest absolute Gasteiger partial charge is 0 e. The SMILES string of the molecule is CC[c-]1c2c(c3c1CCCC3)CCCC2.[Ti]. The van der Waals surface area contributed by atoms with Gasteiger partial charge in [-0.1, -0.05) is 64.7 Å². The number of rotatable bonds is 1. The minimum Gasteiger partial charge on any atom is -0.192 e. The standard InChI is InChI=1S/C15H21.Ti/c1-2-11-12-7-3-5-9-14(12)15-10-6-4-8-13(11)15;/h2-10H2,1H3;/q-1;. The molecule has 0 atom stereocenters. The Morgan fingerprint density at radius 3 is 1.69 bits per heavy atom. The molecule has 0 bridgehead atoms. The van der Waals surface area contributed by atoms with E-state index in [0.717, 1.165) is 0 Å². The van der Waals surface area contributed by atoms with Crippen LogP contribution >= 0.6 is 0 Å². The van der Waals surface area contributed by atoms with Crippen molar-refractivity contribution >= 4 is 0 Å². The van der Waals surface area contributed by atoms with Crippen LogP contribution in [0.4, 0.5) is 0 Å². The second kappa shape index (κ2) is 5.15. The molecule has 86 valence electrons. The quantitative estimate of drug-likeness (QED) is 0.525. The van der Waals surface area contributed by atoms with Crippen LogP contribution in [0, 0.1) is 0 Å². The van der Waals surface area contributed by atoms with Gasteiger partial charge in [-0.2, -0.15) is 27.8 Å². The monoisotopic (exact) mass is 249 g/mol. The van der Waals surface area contributed by atoms with E-state index in [-0.39, 0.29) is 21.7 Å². The topological polar surface area (TPSA) is 0 Å². The maximum atomic E-state index is 2.35. The molecule has 0 fully saturated rings. The van der Waals surface area contributed by atoms with Gasteiger partial charge in [-0.05, 0) is 0 Å². The fourth-order valence-corrected chi connectivity index (χ4v) is 3.75.